The minimum atomic E-state index is -0.262. The summed E-state index contributed by atoms with van der Waals surface area (Å²) in [6.07, 6.45) is 12.7. The third-order valence-corrected chi connectivity index (χ3v) is 7.99. The Morgan fingerprint density at radius 2 is 2.09 bits per heavy atom. The zero-order valence-corrected chi connectivity index (χ0v) is 18.9. The van der Waals surface area contributed by atoms with Crippen molar-refractivity contribution in [2.75, 3.05) is 0 Å². The molecule has 5 nitrogen and oxygen atoms in total. The Labute approximate surface area is 193 Å². The van der Waals surface area contributed by atoms with Gasteiger partial charge in [-0.05, 0) is 47.6 Å². The molecule has 1 fully saturated rings. The fourth-order valence-electron chi connectivity index (χ4n) is 6.47. The van der Waals surface area contributed by atoms with Gasteiger partial charge in [0.15, 0.2) is 5.78 Å². The van der Waals surface area contributed by atoms with Crippen molar-refractivity contribution in [2.45, 2.75) is 57.7 Å². The standard InChI is InChI=1S/C28H27NO4/c1-16(30)32-25-14-22-27-19(13-21-23(31)4-3-5-24(21)33-27)8-10-28(22,2)26(25)18-7-6-17-9-11-29-15-20(17)12-18/h6-13,15,22,25-27H,3-5,14H2,1-2H3/t22-,25+,26-,27+,28-/m0/s1. The van der Waals surface area contributed by atoms with E-state index in [0.29, 0.717) is 12.8 Å². The average Bonchev–Trinajstić information content (AvgIpc) is 3.09. The van der Waals surface area contributed by atoms with Crippen LogP contribution in [0.2, 0.25) is 0 Å². The van der Waals surface area contributed by atoms with Gasteiger partial charge in [-0.25, -0.2) is 0 Å². The van der Waals surface area contributed by atoms with Crippen molar-refractivity contribution in [3.63, 3.8) is 0 Å². The molecule has 0 unspecified atom stereocenters. The van der Waals surface area contributed by atoms with Crippen molar-refractivity contribution in [3.05, 3.63) is 77.4 Å². The molecule has 1 saturated carbocycles. The van der Waals surface area contributed by atoms with Crippen LogP contribution >= 0.6 is 0 Å². The lowest BCUT2D eigenvalue weighted by atomic mass is 9.64. The first kappa shape index (κ1) is 20.4. The minimum Gasteiger partial charge on any atom is -0.489 e. The van der Waals surface area contributed by atoms with Gasteiger partial charge in [0.25, 0.3) is 0 Å². The number of hydrogen-bond donors (Lipinski definition) is 0. The molecule has 6 rings (SSSR count). The molecule has 4 aliphatic rings. The topological polar surface area (TPSA) is 65.5 Å². The van der Waals surface area contributed by atoms with Crippen LogP contribution in [0.5, 0.6) is 0 Å². The monoisotopic (exact) mass is 441 g/mol. The minimum absolute atomic E-state index is 0.000713. The number of fused-ring (bicyclic) bond motifs is 4. The number of ether oxygens (including phenoxy) is 2. The first-order valence-corrected chi connectivity index (χ1v) is 11.8. The van der Waals surface area contributed by atoms with Crippen LogP contribution < -0.4 is 0 Å². The lowest BCUT2D eigenvalue weighted by molar-refractivity contribution is -0.147. The van der Waals surface area contributed by atoms with Crippen LogP contribution in [0.25, 0.3) is 10.8 Å². The zero-order valence-electron chi connectivity index (χ0n) is 18.9. The van der Waals surface area contributed by atoms with Crippen LogP contribution in [-0.4, -0.2) is 28.9 Å². The highest BCUT2D eigenvalue weighted by atomic mass is 16.5. The SMILES string of the molecule is CC(=O)O[C@@H]1C[C@H]2[C@@H]3OC4=C(C=C3C=C[C@]2(C)[C@H]1c1ccc2ccncc2c1)C(=O)CCC4. The summed E-state index contributed by atoms with van der Waals surface area (Å²) in [5.74, 6) is 0.888. The van der Waals surface area contributed by atoms with Crippen LogP contribution in [0, 0.1) is 11.3 Å². The molecule has 2 aromatic rings. The fourth-order valence-corrected chi connectivity index (χ4v) is 6.47. The second kappa shape index (κ2) is 7.41. The molecule has 0 N–H and O–H groups in total. The third kappa shape index (κ3) is 3.17. The van der Waals surface area contributed by atoms with Gasteiger partial charge in [-0.3, -0.25) is 14.6 Å². The summed E-state index contributed by atoms with van der Waals surface area (Å²) >= 11 is 0. The molecule has 0 radical (unpaired) electrons. The number of Topliss-reactive ketones (excluding diaryl/α,β-unsaturated/α-hetero) is 1. The number of carbonyl (C=O) groups excluding carboxylic acids is 2. The second-order valence-electron chi connectivity index (χ2n) is 9.95. The Morgan fingerprint density at radius 1 is 1.21 bits per heavy atom. The first-order chi connectivity index (χ1) is 15.9. The van der Waals surface area contributed by atoms with Crippen molar-refractivity contribution < 1.29 is 19.1 Å². The van der Waals surface area contributed by atoms with Crippen LogP contribution in [0.3, 0.4) is 0 Å². The maximum absolute atomic E-state index is 12.4. The number of hydrogen-bond acceptors (Lipinski definition) is 5. The molecule has 2 heterocycles. The van der Waals surface area contributed by atoms with Gasteiger partial charge >= 0.3 is 5.97 Å². The lowest BCUT2D eigenvalue weighted by Gasteiger charge is -2.44. The lowest BCUT2D eigenvalue weighted by Crippen LogP contribution is -2.41. The first-order valence-electron chi connectivity index (χ1n) is 11.8. The number of ketones is 1. The van der Waals surface area contributed by atoms with E-state index in [-0.39, 0.29) is 41.2 Å². The average molecular weight is 442 g/mol. The molecule has 168 valence electrons. The molecule has 0 spiro atoms. The number of esters is 1. The van der Waals surface area contributed by atoms with E-state index in [4.69, 9.17) is 9.47 Å². The van der Waals surface area contributed by atoms with Crippen molar-refractivity contribution in [1.29, 1.82) is 0 Å². The molecule has 5 atom stereocenters. The van der Waals surface area contributed by atoms with Crippen molar-refractivity contribution in [3.8, 4) is 0 Å². The number of benzene rings is 1. The van der Waals surface area contributed by atoms with E-state index in [0.717, 1.165) is 46.1 Å². The highest BCUT2D eigenvalue weighted by molar-refractivity contribution is 5.99. The maximum Gasteiger partial charge on any atom is 0.302 e. The summed E-state index contributed by atoms with van der Waals surface area (Å²) in [6, 6.07) is 8.45. The summed E-state index contributed by atoms with van der Waals surface area (Å²) in [5, 5.41) is 2.22. The van der Waals surface area contributed by atoms with E-state index in [2.05, 4.69) is 42.3 Å². The molecule has 0 amide bonds. The second-order valence-corrected chi connectivity index (χ2v) is 9.95. The predicted octanol–water partition coefficient (Wildman–Crippen LogP) is 5.18. The molecule has 0 bridgehead atoms. The van der Waals surface area contributed by atoms with Crippen LogP contribution in [0.1, 0.15) is 51.0 Å². The molecule has 33 heavy (non-hydrogen) atoms. The Balaban J connectivity index is 1.44. The van der Waals surface area contributed by atoms with Crippen molar-refractivity contribution >= 4 is 22.5 Å². The molecular formula is C28H27NO4. The highest BCUT2D eigenvalue weighted by Gasteiger charge is 2.58. The summed E-state index contributed by atoms with van der Waals surface area (Å²) in [7, 11) is 0. The van der Waals surface area contributed by atoms with Crippen LogP contribution in [0.15, 0.2) is 71.8 Å². The zero-order chi connectivity index (χ0) is 22.7. The number of allylic oxidation sites excluding steroid dienone is 4. The molecule has 3 aliphatic carbocycles. The summed E-state index contributed by atoms with van der Waals surface area (Å²) in [4.78, 5) is 28.8. The normalized spacial score (nSPS) is 32.5. The van der Waals surface area contributed by atoms with E-state index >= 15 is 0 Å². The third-order valence-electron chi connectivity index (χ3n) is 7.99. The number of rotatable bonds is 2. The number of pyridine rings is 1. The Hall–Kier alpha value is -3.21. The Bertz CT molecular complexity index is 1270. The fraction of sp³-hybridized carbons (Fsp3) is 0.393. The Morgan fingerprint density at radius 3 is 2.94 bits per heavy atom. The number of aromatic nitrogens is 1. The molecule has 1 aliphatic heterocycles. The van der Waals surface area contributed by atoms with Gasteiger partial charge in [0.1, 0.15) is 18.0 Å². The van der Waals surface area contributed by atoms with E-state index in [1.165, 1.54) is 6.92 Å². The molecular weight excluding hydrogens is 414 g/mol. The van der Waals surface area contributed by atoms with Gasteiger partial charge in [-0.1, -0.05) is 31.2 Å². The predicted molar refractivity (Wildman–Crippen MR) is 124 cm³/mol. The van der Waals surface area contributed by atoms with Crippen molar-refractivity contribution in [1.82, 2.24) is 4.98 Å². The van der Waals surface area contributed by atoms with Gasteiger partial charge < -0.3 is 9.47 Å². The quantitative estimate of drug-likeness (QED) is 0.601. The number of nitrogens with zero attached hydrogens (tertiary/aromatic N) is 1. The summed E-state index contributed by atoms with van der Waals surface area (Å²) in [5.41, 5.74) is 2.69. The molecule has 1 aromatic carbocycles. The largest absolute Gasteiger partial charge is 0.489 e. The van der Waals surface area contributed by atoms with E-state index in [1.54, 1.807) is 6.20 Å². The van der Waals surface area contributed by atoms with Gasteiger partial charge in [-0.2, -0.15) is 0 Å². The highest BCUT2D eigenvalue weighted by Crippen LogP contribution is 2.60. The van der Waals surface area contributed by atoms with E-state index in [9.17, 15) is 9.59 Å². The molecule has 1 aromatic heterocycles. The number of carbonyl (C=O) groups is 2. The van der Waals surface area contributed by atoms with Gasteiger partial charge in [0.05, 0.1) is 5.57 Å². The molecule has 0 saturated heterocycles. The summed E-state index contributed by atoms with van der Waals surface area (Å²) in [6.45, 7) is 3.74. The van der Waals surface area contributed by atoms with Crippen LogP contribution in [-0.2, 0) is 19.1 Å². The maximum atomic E-state index is 12.4. The van der Waals surface area contributed by atoms with E-state index in [1.807, 2.05) is 18.3 Å². The molecule has 5 heteroatoms. The van der Waals surface area contributed by atoms with Gasteiger partial charge in [-0.15, -0.1) is 0 Å². The summed E-state index contributed by atoms with van der Waals surface area (Å²) < 4.78 is 12.5. The Kier molecular flexibility index (Phi) is 4.58. The van der Waals surface area contributed by atoms with Crippen LogP contribution in [0.4, 0.5) is 0 Å². The van der Waals surface area contributed by atoms with Gasteiger partial charge in [0.2, 0.25) is 0 Å². The van der Waals surface area contributed by atoms with Crippen molar-refractivity contribution in [2.24, 2.45) is 11.3 Å². The van der Waals surface area contributed by atoms with Gasteiger partial charge in [0, 0.05) is 54.8 Å². The smallest absolute Gasteiger partial charge is 0.302 e. The van der Waals surface area contributed by atoms with E-state index < -0.39 is 0 Å².